The lowest BCUT2D eigenvalue weighted by molar-refractivity contribution is -0.147. The molecule has 2 saturated carbocycles. The first kappa shape index (κ1) is 28.1. The number of aldehydes is 1. The summed E-state index contributed by atoms with van der Waals surface area (Å²) in [6.45, 7) is 13.8. The van der Waals surface area contributed by atoms with Gasteiger partial charge in [0.1, 0.15) is 17.9 Å². The fourth-order valence-electron chi connectivity index (χ4n) is 9.13. The van der Waals surface area contributed by atoms with Gasteiger partial charge in [0.2, 0.25) is 0 Å². The minimum absolute atomic E-state index is 0.00336. The van der Waals surface area contributed by atoms with Gasteiger partial charge < -0.3 is 9.90 Å². The smallest absolute Gasteiger partial charge is 0.160 e. The zero-order valence-corrected chi connectivity index (χ0v) is 23.6. The van der Waals surface area contributed by atoms with Crippen molar-refractivity contribution in [3.63, 3.8) is 0 Å². The number of Topliss-reactive ketones (excluding diaryl/α,β-unsaturated/α-hetero) is 4. The maximum Gasteiger partial charge on any atom is 0.160 e. The summed E-state index contributed by atoms with van der Waals surface area (Å²) in [4.78, 5) is 64.4. The van der Waals surface area contributed by atoms with E-state index in [9.17, 15) is 29.1 Å². The predicted octanol–water partition coefficient (Wildman–Crippen LogP) is 4.84. The lowest BCUT2D eigenvalue weighted by Gasteiger charge is -2.59. The summed E-state index contributed by atoms with van der Waals surface area (Å²) in [5, 5.41) is 11.6. The van der Waals surface area contributed by atoms with Crippen LogP contribution < -0.4 is 0 Å². The average molecular weight is 513 g/mol. The molecule has 204 valence electrons. The molecule has 8 unspecified atom stereocenters. The Morgan fingerprint density at radius 3 is 2.30 bits per heavy atom. The number of allylic oxidation sites excluding steroid dienone is 1. The summed E-state index contributed by atoms with van der Waals surface area (Å²) in [5.74, 6) is -0.299. The molecule has 0 saturated heterocycles. The van der Waals surface area contributed by atoms with Crippen LogP contribution in [0.2, 0.25) is 0 Å². The Balaban J connectivity index is 1.74. The van der Waals surface area contributed by atoms with Crippen LogP contribution in [0.3, 0.4) is 0 Å². The number of ketones is 4. The summed E-state index contributed by atoms with van der Waals surface area (Å²) in [5.41, 5.74) is -1.73. The van der Waals surface area contributed by atoms with Gasteiger partial charge in [-0.25, -0.2) is 0 Å². The molecule has 1 N–H and O–H groups in total. The van der Waals surface area contributed by atoms with E-state index in [1.54, 1.807) is 0 Å². The van der Waals surface area contributed by atoms with Gasteiger partial charge in [0.25, 0.3) is 0 Å². The van der Waals surface area contributed by atoms with E-state index in [0.29, 0.717) is 49.7 Å². The zero-order valence-electron chi connectivity index (χ0n) is 23.6. The molecule has 0 amide bonds. The highest BCUT2D eigenvalue weighted by atomic mass is 16.3. The molecule has 4 aliphatic rings. The van der Waals surface area contributed by atoms with Crippen LogP contribution in [0.4, 0.5) is 0 Å². The Hall–Kier alpha value is -1.95. The molecular weight excluding hydrogens is 468 g/mol. The van der Waals surface area contributed by atoms with Crippen molar-refractivity contribution in [2.24, 2.45) is 45.3 Å². The van der Waals surface area contributed by atoms with E-state index in [0.717, 1.165) is 6.29 Å². The summed E-state index contributed by atoms with van der Waals surface area (Å²) in [6.07, 6.45) is 2.89. The molecule has 0 radical (unpaired) electrons. The van der Waals surface area contributed by atoms with E-state index in [2.05, 4.69) is 6.92 Å². The Morgan fingerprint density at radius 2 is 1.68 bits per heavy atom. The van der Waals surface area contributed by atoms with Gasteiger partial charge in [-0.2, -0.15) is 0 Å². The molecule has 0 aromatic heterocycles. The van der Waals surface area contributed by atoms with E-state index in [-0.39, 0.29) is 59.6 Å². The van der Waals surface area contributed by atoms with Gasteiger partial charge in [-0.05, 0) is 41.9 Å². The summed E-state index contributed by atoms with van der Waals surface area (Å²) < 4.78 is 0. The second kappa shape index (κ2) is 9.07. The predicted molar refractivity (Wildman–Crippen MR) is 139 cm³/mol. The SMILES string of the molecule is CC(CC=O)CC(=O)CC(C)C1CC(O)C2(C)C3=C(C(=O)CC12C)C1(C)CCC(=O)C(C)(C)C1CC3=O. The molecule has 0 aromatic rings. The Morgan fingerprint density at radius 1 is 1.03 bits per heavy atom. The van der Waals surface area contributed by atoms with Crippen molar-refractivity contribution in [1.82, 2.24) is 0 Å². The number of aliphatic hydroxyl groups is 1. The third-order valence-electron chi connectivity index (χ3n) is 11.5. The third kappa shape index (κ3) is 3.87. The minimum Gasteiger partial charge on any atom is -0.392 e. The van der Waals surface area contributed by atoms with Crippen molar-refractivity contribution in [2.75, 3.05) is 0 Å². The molecule has 6 nitrogen and oxygen atoms in total. The van der Waals surface area contributed by atoms with Gasteiger partial charge in [-0.15, -0.1) is 0 Å². The summed E-state index contributed by atoms with van der Waals surface area (Å²) in [7, 11) is 0. The average Bonchev–Trinajstić information content (AvgIpc) is 2.99. The van der Waals surface area contributed by atoms with Crippen LogP contribution in [0.1, 0.15) is 99.8 Å². The van der Waals surface area contributed by atoms with Gasteiger partial charge in [0.15, 0.2) is 11.6 Å². The summed E-state index contributed by atoms with van der Waals surface area (Å²) in [6, 6.07) is 0. The largest absolute Gasteiger partial charge is 0.392 e. The van der Waals surface area contributed by atoms with Crippen LogP contribution in [0.15, 0.2) is 11.1 Å². The number of carbonyl (C=O) groups excluding carboxylic acids is 5. The summed E-state index contributed by atoms with van der Waals surface area (Å²) >= 11 is 0. The number of rotatable bonds is 7. The number of fused-ring (bicyclic) bond motifs is 4. The molecule has 6 heteroatoms. The molecule has 4 aliphatic carbocycles. The maximum absolute atomic E-state index is 14.1. The quantitative estimate of drug-likeness (QED) is 0.489. The zero-order chi connectivity index (χ0) is 27.7. The van der Waals surface area contributed by atoms with E-state index in [1.807, 2.05) is 41.5 Å². The van der Waals surface area contributed by atoms with E-state index < -0.39 is 27.8 Å². The van der Waals surface area contributed by atoms with Crippen LogP contribution in [-0.4, -0.2) is 40.6 Å². The number of aliphatic hydroxyl groups excluding tert-OH is 1. The van der Waals surface area contributed by atoms with Crippen LogP contribution in [0, 0.1) is 45.3 Å². The molecule has 0 bridgehead atoms. The van der Waals surface area contributed by atoms with Crippen molar-refractivity contribution in [3.05, 3.63) is 11.1 Å². The lowest BCUT2D eigenvalue weighted by Crippen LogP contribution is -2.59. The lowest BCUT2D eigenvalue weighted by atomic mass is 9.42. The second-order valence-corrected chi connectivity index (χ2v) is 14.0. The van der Waals surface area contributed by atoms with Crippen LogP contribution in [-0.2, 0) is 24.0 Å². The van der Waals surface area contributed by atoms with E-state index >= 15 is 0 Å². The first-order chi connectivity index (χ1) is 17.1. The van der Waals surface area contributed by atoms with Crippen LogP contribution in [0.25, 0.3) is 0 Å². The molecule has 37 heavy (non-hydrogen) atoms. The van der Waals surface area contributed by atoms with Crippen molar-refractivity contribution in [1.29, 1.82) is 0 Å². The van der Waals surface area contributed by atoms with E-state index in [1.165, 1.54) is 0 Å². The monoisotopic (exact) mass is 512 g/mol. The molecule has 0 aromatic carbocycles. The fourth-order valence-corrected chi connectivity index (χ4v) is 9.13. The standard InChI is InChI=1S/C31H44O6/c1-17(9-11-32)12-19(33)13-18(2)20-14-25(37)31(7)27-21(34)15-23-28(3,4)24(36)8-10-29(23,5)26(27)22(35)16-30(20,31)6/h11,17-18,20,23,25,37H,8-10,12-16H2,1-7H3. The molecule has 4 rings (SSSR count). The fraction of sp³-hybridized carbons (Fsp3) is 0.774. The molecular formula is C31H44O6. The van der Waals surface area contributed by atoms with E-state index in [4.69, 9.17) is 0 Å². The Labute approximate surface area is 221 Å². The topological polar surface area (TPSA) is 106 Å². The normalized spacial score (nSPS) is 40.5. The van der Waals surface area contributed by atoms with Crippen molar-refractivity contribution >= 4 is 29.4 Å². The van der Waals surface area contributed by atoms with Gasteiger partial charge in [-0.3, -0.25) is 19.2 Å². The molecule has 0 heterocycles. The van der Waals surface area contributed by atoms with Crippen molar-refractivity contribution in [3.8, 4) is 0 Å². The highest BCUT2D eigenvalue weighted by Crippen LogP contribution is 2.70. The van der Waals surface area contributed by atoms with Crippen molar-refractivity contribution < 1.29 is 29.1 Å². The Bertz CT molecular complexity index is 1080. The highest BCUT2D eigenvalue weighted by Gasteiger charge is 2.70. The maximum atomic E-state index is 14.1. The van der Waals surface area contributed by atoms with Gasteiger partial charge in [-0.1, -0.05) is 48.5 Å². The third-order valence-corrected chi connectivity index (χ3v) is 11.5. The van der Waals surface area contributed by atoms with Gasteiger partial charge in [0, 0.05) is 65.9 Å². The second-order valence-electron chi connectivity index (χ2n) is 14.0. The number of hydrogen-bond acceptors (Lipinski definition) is 6. The first-order valence-corrected chi connectivity index (χ1v) is 14.0. The molecule has 2 fully saturated rings. The number of hydrogen-bond donors (Lipinski definition) is 1. The molecule has 8 atom stereocenters. The number of carbonyl (C=O) groups is 5. The van der Waals surface area contributed by atoms with Gasteiger partial charge in [0.05, 0.1) is 6.10 Å². The van der Waals surface area contributed by atoms with Gasteiger partial charge >= 0.3 is 0 Å². The first-order valence-electron chi connectivity index (χ1n) is 14.0. The Kier molecular flexibility index (Phi) is 6.88. The molecule has 0 spiro atoms. The van der Waals surface area contributed by atoms with Crippen LogP contribution in [0.5, 0.6) is 0 Å². The highest BCUT2D eigenvalue weighted by molar-refractivity contribution is 6.12. The minimum atomic E-state index is -0.889. The van der Waals surface area contributed by atoms with Crippen molar-refractivity contribution in [2.45, 2.75) is 106 Å². The molecule has 0 aliphatic heterocycles. The van der Waals surface area contributed by atoms with Crippen LogP contribution >= 0.6 is 0 Å².